The summed E-state index contributed by atoms with van der Waals surface area (Å²) < 4.78 is 21.7. The molecule has 0 aromatic rings. The summed E-state index contributed by atoms with van der Waals surface area (Å²) >= 11 is 0. The molecule has 34 heavy (non-hydrogen) atoms. The number of carbonyl (C=O) groups is 4. The number of aliphatic hydroxyl groups excluding tert-OH is 2. The van der Waals surface area contributed by atoms with Crippen LogP contribution in [0.5, 0.6) is 0 Å². The summed E-state index contributed by atoms with van der Waals surface area (Å²) in [5.74, 6) is -7.25. The lowest BCUT2D eigenvalue weighted by molar-refractivity contribution is -0.339. The molecule has 0 aromatic heterocycles. The SMILES string of the molecule is C=C(C)C(=O)OC(CCC)C(OC(=O)C(=C)C)(OC(=O)C(=C)C)C(CO)(CO)OC(=O)C(=C)C. The normalized spacial score (nSPS) is 12.1. The second kappa shape index (κ2) is 12.9. The van der Waals surface area contributed by atoms with E-state index in [1.807, 2.05) is 0 Å². The van der Waals surface area contributed by atoms with Crippen molar-refractivity contribution in [1.29, 1.82) is 0 Å². The summed E-state index contributed by atoms with van der Waals surface area (Å²) in [5.41, 5.74) is -3.19. The van der Waals surface area contributed by atoms with Crippen LogP contribution in [0.2, 0.25) is 0 Å². The monoisotopic (exact) mass is 482 g/mol. The lowest BCUT2D eigenvalue weighted by Crippen LogP contribution is -2.71. The minimum atomic E-state index is -2.87. The van der Waals surface area contributed by atoms with Gasteiger partial charge in [0, 0.05) is 22.3 Å². The standard InChI is InChI=1S/C24H34O10/c1-10-11-18(31-19(27)14(2)3)24(33-21(29)16(6)7,34-22(30)17(8)9)23(12-25,13-26)32-20(28)15(4)5/h18,25-26H,2,4,6,8,10-13H2,1,3,5,7,9H3. The highest BCUT2D eigenvalue weighted by Crippen LogP contribution is 2.40. The zero-order chi connectivity index (χ0) is 26.9. The third kappa shape index (κ3) is 7.13. The van der Waals surface area contributed by atoms with Gasteiger partial charge in [0.2, 0.25) is 5.60 Å². The van der Waals surface area contributed by atoms with Gasteiger partial charge in [-0.15, -0.1) is 0 Å². The first-order valence-corrected chi connectivity index (χ1v) is 10.4. The van der Waals surface area contributed by atoms with E-state index in [4.69, 9.17) is 18.9 Å². The number of aliphatic hydroxyl groups is 2. The molecular formula is C24H34O10. The van der Waals surface area contributed by atoms with E-state index >= 15 is 0 Å². The molecule has 190 valence electrons. The van der Waals surface area contributed by atoms with Crippen molar-refractivity contribution < 1.29 is 48.3 Å². The molecule has 0 heterocycles. The number of ether oxygens (including phenoxy) is 4. The van der Waals surface area contributed by atoms with Crippen LogP contribution in [-0.4, -0.2) is 64.8 Å². The van der Waals surface area contributed by atoms with Gasteiger partial charge in [-0.05, 0) is 34.1 Å². The smallest absolute Gasteiger partial charge is 0.338 e. The molecule has 0 aromatic carbocycles. The lowest BCUT2D eigenvalue weighted by atomic mass is 9.86. The third-order valence-corrected chi connectivity index (χ3v) is 4.54. The molecule has 1 atom stereocenters. The van der Waals surface area contributed by atoms with Crippen molar-refractivity contribution in [3.05, 3.63) is 48.6 Å². The number of carbonyl (C=O) groups excluding carboxylic acids is 4. The van der Waals surface area contributed by atoms with E-state index in [0.29, 0.717) is 0 Å². The molecule has 0 bridgehead atoms. The van der Waals surface area contributed by atoms with Crippen LogP contribution in [0, 0.1) is 0 Å². The van der Waals surface area contributed by atoms with Crippen molar-refractivity contribution in [2.24, 2.45) is 0 Å². The molecule has 0 rings (SSSR count). The Morgan fingerprint density at radius 1 is 0.706 bits per heavy atom. The molecule has 0 aliphatic carbocycles. The summed E-state index contributed by atoms with van der Waals surface area (Å²) in [6, 6.07) is 0. The highest BCUT2D eigenvalue weighted by Gasteiger charge is 2.67. The van der Waals surface area contributed by atoms with Crippen molar-refractivity contribution in [3.8, 4) is 0 Å². The van der Waals surface area contributed by atoms with E-state index in [2.05, 4.69) is 26.3 Å². The Bertz CT molecular complexity index is 835. The number of rotatable bonds is 14. The zero-order valence-corrected chi connectivity index (χ0v) is 20.4. The van der Waals surface area contributed by atoms with Crippen LogP contribution in [0.15, 0.2) is 48.6 Å². The molecule has 2 N–H and O–H groups in total. The second-order valence-electron chi connectivity index (χ2n) is 7.95. The number of hydrogen-bond donors (Lipinski definition) is 2. The molecule has 0 aliphatic rings. The van der Waals surface area contributed by atoms with Crippen LogP contribution < -0.4 is 0 Å². The Labute approximate surface area is 199 Å². The van der Waals surface area contributed by atoms with Crippen molar-refractivity contribution in [2.75, 3.05) is 13.2 Å². The maximum absolute atomic E-state index is 12.7. The largest absolute Gasteiger partial charge is 0.450 e. The first-order chi connectivity index (χ1) is 15.6. The molecule has 0 fully saturated rings. The van der Waals surface area contributed by atoms with Gasteiger partial charge in [-0.2, -0.15) is 0 Å². The summed E-state index contributed by atoms with van der Waals surface area (Å²) in [4.78, 5) is 50.4. The topological polar surface area (TPSA) is 146 Å². The van der Waals surface area contributed by atoms with E-state index in [1.54, 1.807) is 6.92 Å². The first-order valence-electron chi connectivity index (χ1n) is 10.4. The molecule has 0 amide bonds. The zero-order valence-electron chi connectivity index (χ0n) is 20.4. The van der Waals surface area contributed by atoms with Gasteiger partial charge in [0.05, 0.1) is 13.2 Å². The minimum absolute atomic E-state index is 0.0509. The molecule has 0 spiro atoms. The van der Waals surface area contributed by atoms with Gasteiger partial charge in [-0.3, -0.25) is 0 Å². The van der Waals surface area contributed by atoms with Crippen molar-refractivity contribution >= 4 is 23.9 Å². The van der Waals surface area contributed by atoms with Crippen LogP contribution in [0.4, 0.5) is 0 Å². The van der Waals surface area contributed by atoms with Gasteiger partial charge in [-0.1, -0.05) is 39.7 Å². The Morgan fingerprint density at radius 2 is 1.06 bits per heavy atom. The average molecular weight is 483 g/mol. The van der Waals surface area contributed by atoms with Crippen molar-refractivity contribution in [3.63, 3.8) is 0 Å². The van der Waals surface area contributed by atoms with Crippen LogP contribution in [0.1, 0.15) is 47.5 Å². The Hall–Kier alpha value is -3.24. The van der Waals surface area contributed by atoms with Gasteiger partial charge < -0.3 is 29.2 Å². The molecular weight excluding hydrogens is 448 g/mol. The average Bonchev–Trinajstić information content (AvgIpc) is 2.75. The number of esters is 4. The van der Waals surface area contributed by atoms with E-state index in [-0.39, 0.29) is 35.1 Å². The highest BCUT2D eigenvalue weighted by molar-refractivity contribution is 5.90. The van der Waals surface area contributed by atoms with Crippen LogP contribution in [0.3, 0.4) is 0 Å². The fourth-order valence-corrected chi connectivity index (χ4v) is 2.57. The molecule has 10 heteroatoms. The molecule has 1 unspecified atom stereocenters. The molecule has 0 aliphatic heterocycles. The lowest BCUT2D eigenvalue weighted by Gasteiger charge is -2.48. The quantitative estimate of drug-likeness (QED) is 0.163. The second-order valence-corrected chi connectivity index (χ2v) is 7.95. The summed E-state index contributed by atoms with van der Waals surface area (Å²) in [7, 11) is 0. The van der Waals surface area contributed by atoms with Gasteiger partial charge in [-0.25, -0.2) is 19.2 Å². The third-order valence-electron chi connectivity index (χ3n) is 4.54. The summed E-state index contributed by atoms with van der Waals surface area (Å²) in [6.07, 6.45) is -1.53. The van der Waals surface area contributed by atoms with Gasteiger partial charge in [0.15, 0.2) is 6.10 Å². The van der Waals surface area contributed by atoms with Crippen molar-refractivity contribution in [2.45, 2.75) is 65.0 Å². The minimum Gasteiger partial charge on any atom is -0.450 e. The Kier molecular flexibility index (Phi) is 11.6. The fraction of sp³-hybridized carbons (Fsp3) is 0.500. The number of hydrogen-bond acceptors (Lipinski definition) is 10. The van der Waals surface area contributed by atoms with E-state index in [9.17, 15) is 29.4 Å². The summed E-state index contributed by atoms with van der Waals surface area (Å²) in [5, 5.41) is 20.7. The molecule has 0 saturated carbocycles. The highest BCUT2D eigenvalue weighted by atomic mass is 16.8. The maximum atomic E-state index is 12.7. The van der Waals surface area contributed by atoms with Crippen molar-refractivity contribution in [1.82, 2.24) is 0 Å². The fourth-order valence-electron chi connectivity index (χ4n) is 2.57. The first kappa shape index (κ1) is 30.8. The Morgan fingerprint density at radius 3 is 1.35 bits per heavy atom. The van der Waals surface area contributed by atoms with E-state index in [1.165, 1.54) is 27.7 Å². The van der Waals surface area contributed by atoms with Gasteiger partial charge in [0.1, 0.15) is 0 Å². The van der Waals surface area contributed by atoms with Gasteiger partial charge >= 0.3 is 29.7 Å². The Balaban J connectivity index is 7.44. The van der Waals surface area contributed by atoms with Crippen LogP contribution >= 0.6 is 0 Å². The predicted octanol–water partition coefficient (Wildman–Crippen LogP) is 2.05. The van der Waals surface area contributed by atoms with Crippen LogP contribution in [0.25, 0.3) is 0 Å². The molecule has 0 radical (unpaired) electrons. The van der Waals surface area contributed by atoms with Crippen LogP contribution in [-0.2, 0) is 38.1 Å². The van der Waals surface area contributed by atoms with Gasteiger partial charge in [0.25, 0.3) is 0 Å². The molecule has 10 nitrogen and oxygen atoms in total. The molecule has 0 saturated heterocycles. The predicted molar refractivity (Wildman–Crippen MR) is 122 cm³/mol. The van der Waals surface area contributed by atoms with E-state index < -0.39 is 54.6 Å². The summed E-state index contributed by atoms with van der Waals surface area (Å²) in [6.45, 7) is 18.3. The van der Waals surface area contributed by atoms with E-state index in [0.717, 1.165) is 0 Å². The maximum Gasteiger partial charge on any atom is 0.338 e.